The number of carbonyl (C=O) groups is 1. The molecule has 138 valence electrons. The zero-order valence-corrected chi connectivity index (χ0v) is 14.8. The average molecular weight is 365 g/mol. The van der Waals surface area contributed by atoms with Crippen LogP contribution in [0.2, 0.25) is 0 Å². The number of nitrogens with two attached hydrogens (primary N) is 1. The molecule has 1 heterocycles. The van der Waals surface area contributed by atoms with Crippen molar-refractivity contribution in [2.45, 2.75) is 13.0 Å². The number of nitrogen functional groups attached to an aromatic ring is 1. The van der Waals surface area contributed by atoms with Crippen LogP contribution in [-0.2, 0) is 22.6 Å². The molecular formula is C19H19N5O3. The van der Waals surface area contributed by atoms with Gasteiger partial charge in [0.05, 0.1) is 13.5 Å². The first-order chi connectivity index (χ1) is 13.1. The average Bonchev–Trinajstić information content (AvgIpc) is 2.68. The number of methoxy groups -OCH3 is 1. The van der Waals surface area contributed by atoms with E-state index in [4.69, 9.17) is 10.5 Å². The standard InChI is InChI=1S/C19H19N5O3/c1-26-17(25)11-13-7-9-15(10-8-13)27-12-16-22-18(20)24-19(23-16)21-14-5-3-2-4-6-14/h2-10H,11-12H2,1H3,(H3,20,21,22,23,24). The summed E-state index contributed by atoms with van der Waals surface area (Å²) in [5.41, 5.74) is 7.44. The van der Waals surface area contributed by atoms with Crippen LogP contribution in [0.5, 0.6) is 5.75 Å². The Morgan fingerprint density at radius 1 is 1.04 bits per heavy atom. The molecule has 0 fully saturated rings. The smallest absolute Gasteiger partial charge is 0.309 e. The van der Waals surface area contributed by atoms with Gasteiger partial charge in [0.25, 0.3) is 0 Å². The van der Waals surface area contributed by atoms with Crippen LogP contribution in [0.1, 0.15) is 11.4 Å². The predicted octanol–water partition coefficient (Wildman–Crippen LogP) is 2.49. The topological polar surface area (TPSA) is 112 Å². The zero-order valence-electron chi connectivity index (χ0n) is 14.8. The van der Waals surface area contributed by atoms with Gasteiger partial charge in [-0.15, -0.1) is 0 Å². The summed E-state index contributed by atoms with van der Waals surface area (Å²) < 4.78 is 10.3. The predicted molar refractivity (Wildman–Crippen MR) is 100 cm³/mol. The number of nitrogens with zero attached hydrogens (tertiary/aromatic N) is 3. The lowest BCUT2D eigenvalue weighted by Gasteiger charge is -2.09. The molecule has 3 rings (SSSR count). The Bertz CT molecular complexity index is 901. The number of carbonyl (C=O) groups excluding carboxylic acids is 1. The summed E-state index contributed by atoms with van der Waals surface area (Å²) >= 11 is 0. The number of hydrogen-bond acceptors (Lipinski definition) is 8. The van der Waals surface area contributed by atoms with E-state index in [1.54, 1.807) is 24.3 Å². The van der Waals surface area contributed by atoms with E-state index < -0.39 is 0 Å². The van der Waals surface area contributed by atoms with E-state index in [0.717, 1.165) is 11.3 Å². The number of para-hydroxylation sites is 1. The van der Waals surface area contributed by atoms with Crippen LogP contribution >= 0.6 is 0 Å². The molecule has 3 aromatic rings. The van der Waals surface area contributed by atoms with Crippen molar-refractivity contribution in [1.82, 2.24) is 15.0 Å². The van der Waals surface area contributed by atoms with Crippen molar-refractivity contribution < 1.29 is 14.3 Å². The third-order valence-electron chi connectivity index (χ3n) is 3.60. The molecule has 2 aromatic carbocycles. The lowest BCUT2D eigenvalue weighted by atomic mass is 10.1. The fourth-order valence-electron chi connectivity index (χ4n) is 2.30. The first kappa shape index (κ1) is 18.1. The summed E-state index contributed by atoms with van der Waals surface area (Å²) in [6.07, 6.45) is 0.218. The normalized spacial score (nSPS) is 10.3. The maximum absolute atomic E-state index is 11.3. The summed E-state index contributed by atoms with van der Waals surface area (Å²) in [5.74, 6) is 1.19. The monoisotopic (exact) mass is 365 g/mol. The molecule has 0 aliphatic heterocycles. The molecule has 0 unspecified atom stereocenters. The number of benzene rings is 2. The van der Waals surface area contributed by atoms with Gasteiger partial charge in [0, 0.05) is 5.69 Å². The van der Waals surface area contributed by atoms with E-state index in [-0.39, 0.29) is 24.9 Å². The van der Waals surface area contributed by atoms with Crippen LogP contribution in [0.4, 0.5) is 17.6 Å². The van der Waals surface area contributed by atoms with Crippen LogP contribution in [-0.4, -0.2) is 28.0 Å². The van der Waals surface area contributed by atoms with Gasteiger partial charge in [-0.05, 0) is 29.8 Å². The molecular weight excluding hydrogens is 346 g/mol. The highest BCUT2D eigenvalue weighted by molar-refractivity contribution is 5.72. The van der Waals surface area contributed by atoms with Gasteiger partial charge in [0.1, 0.15) is 12.4 Å². The third-order valence-corrected chi connectivity index (χ3v) is 3.60. The molecule has 0 spiro atoms. The molecule has 0 saturated heterocycles. The highest BCUT2D eigenvalue weighted by Crippen LogP contribution is 2.16. The summed E-state index contributed by atoms with van der Waals surface area (Å²) in [5, 5.41) is 3.07. The third kappa shape index (κ3) is 5.40. The lowest BCUT2D eigenvalue weighted by molar-refractivity contribution is -0.139. The number of ether oxygens (including phenoxy) is 2. The number of esters is 1. The van der Waals surface area contributed by atoms with Gasteiger partial charge in [0.2, 0.25) is 11.9 Å². The van der Waals surface area contributed by atoms with Gasteiger partial charge >= 0.3 is 5.97 Å². The van der Waals surface area contributed by atoms with Gasteiger partial charge in [-0.2, -0.15) is 15.0 Å². The molecule has 0 atom stereocenters. The molecule has 0 radical (unpaired) electrons. The summed E-state index contributed by atoms with van der Waals surface area (Å²) in [6, 6.07) is 16.7. The lowest BCUT2D eigenvalue weighted by Crippen LogP contribution is -2.09. The van der Waals surface area contributed by atoms with Crippen molar-refractivity contribution in [1.29, 1.82) is 0 Å². The second-order valence-electron chi connectivity index (χ2n) is 5.61. The van der Waals surface area contributed by atoms with Crippen molar-refractivity contribution in [3.8, 4) is 5.75 Å². The maximum Gasteiger partial charge on any atom is 0.309 e. The van der Waals surface area contributed by atoms with E-state index in [1.807, 2.05) is 30.3 Å². The first-order valence-corrected chi connectivity index (χ1v) is 8.23. The van der Waals surface area contributed by atoms with E-state index in [0.29, 0.717) is 17.5 Å². The van der Waals surface area contributed by atoms with Crippen LogP contribution in [0.3, 0.4) is 0 Å². The second kappa shape index (κ2) is 8.61. The minimum absolute atomic E-state index is 0.107. The SMILES string of the molecule is COC(=O)Cc1ccc(OCc2nc(N)nc(Nc3ccccc3)n2)cc1. The Hall–Kier alpha value is -3.68. The molecule has 0 saturated carbocycles. The van der Waals surface area contributed by atoms with E-state index in [2.05, 4.69) is 25.0 Å². The molecule has 8 nitrogen and oxygen atoms in total. The van der Waals surface area contributed by atoms with Crippen LogP contribution < -0.4 is 15.8 Å². The largest absolute Gasteiger partial charge is 0.486 e. The Morgan fingerprint density at radius 3 is 2.48 bits per heavy atom. The van der Waals surface area contributed by atoms with E-state index >= 15 is 0 Å². The van der Waals surface area contributed by atoms with Gasteiger partial charge in [0.15, 0.2) is 5.82 Å². The van der Waals surface area contributed by atoms with Gasteiger partial charge < -0.3 is 20.5 Å². The fraction of sp³-hybridized carbons (Fsp3) is 0.158. The van der Waals surface area contributed by atoms with Crippen LogP contribution in [0.25, 0.3) is 0 Å². The number of hydrogen-bond donors (Lipinski definition) is 2. The summed E-state index contributed by atoms with van der Waals surface area (Å²) in [7, 11) is 1.36. The molecule has 0 aliphatic carbocycles. The quantitative estimate of drug-likeness (QED) is 0.614. The minimum atomic E-state index is -0.289. The van der Waals surface area contributed by atoms with Crippen LogP contribution in [0.15, 0.2) is 54.6 Å². The number of aromatic nitrogens is 3. The van der Waals surface area contributed by atoms with Crippen molar-refractivity contribution in [3.63, 3.8) is 0 Å². The molecule has 3 N–H and O–H groups in total. The van der Waals surface area contributed by atoms with Crippen molar-refractivity contribution in [3.05, 3.63) is 66.0 Å². The van der Waals surface area contributed by atoms with Gasteiger partial charge in [-0.25, -0.2) is 0 Å². The van der Waals surface area contributed by atoms with E-state index in [9.17, 15) is 4.79 Å². The molecule has 8 heteroatoms. The minimum Gasteiger partial charge on any atom is -0.486 e. The Morgan fingerprint density at radius 2 is 1.78 bits per heavy atom. The number of anilines is 3. The summed E-state index contributed by atoms with van der Waals surface area (Å²) in [4.78, 5) is 23.8. The molecule has 27 heavy (non-hydrogen) atoms. The van der Waals surface area contributed by atoms with Gasteiger partial charge in [-0.3, -0.25) is 4.79 Å². The Kier molecular flexibility index (Phi) is 5.78. The summed E-state index contributed by atoms with van der Waals surface area (Å²) in [6.45, 7) is 0.131. The van der Waals surface area contributed by atoms with Crippen LogP contribution in [0, 0.1) is 0 Å². The molecule has 1 aromatic heterocycles. The van der Waals surface area contributed by atoms with Gasteiger partial charge in [-0.1, -0.05) is 30.3 Å². The highest BCUT2D eigenvalue weighted by atomic mass is 16.5. The van der Waals surface area contributed by atoms with Crippen molar-refractivity contribution in [2.24, 2.45) is 0 Å². The number of rotatable bonds is 7. The Balaban J connectivity index is 1.63. The molecule has 0 bridgehead atoms. The zero-order chi connectivity index (χ0) is 19.1. The molecule has 0 amide bonds. The first-order valence-electron chi connectivity index (χ1n) is 8.23. The fourth-order valence-corrected chi connectivity index (χ4v) is 2.30. The van der Waals surface area contributed by atoms with E-state index in [1.165, 1.54) is 7.11 Å². The highest BCUT2D eigenvalue weighted by Gasteiger charge is 2.07. The number of nitrogens with one attached hydrogen (secondary N) is 1. The van der Waals surface area contributed by atoms with Crippen molar-refractivity contribution >= 4 is 23.6 Å². The second-order valence-corrected chi connectivity index (χ2v) is 5.61. The van der Waals surface area contributed by atoms with Crippen molar-refractivity contribution in [2.75, 3.05) is 18.2 Å². The molecule has 0 aliphatic rings. The Labute approximate surface area is 156 Å². The maximum atomic E-state index is 11.3.